The van der Waals surface area contributed by atoms with Crippen LogP contribution in [0, 0.1) is 12.8 Å². The molecule has 0 aliphatic rings. The van der Waals surface area contributed by atoms with E-state index in [2.05, 4.69) is 29.5 Å². The molecule has 2 rings (SSSR count). The van der Waals surface area contributed by atoms with Gasteiger partial charge in [0.05, 0.1) is 10.7 Å². The number of nitrogens with zero attached hydrogens (tertiary/aromatic N) is 1. The number of carbonyl (C=O) groups is 3. The lowest BCUT2D eigenvalue weighted by Gasteiger charge is -2.10. The van der Waals surface area contributed by atoms with Gasteiger partial charge in [-0.3, -0.25) is 14.4 Å². The number of rotatable bonds is 7. The van der Waals surface area contributed by atoms with E-state index < -0.39 is 17.9 Å². The van der Waals surface area contributed by atoms with E-state index in [-0.39, 0.29) is 5.91 Å². The summed E-state index contributed by atoms with van der Waals surface area (Å²) in [7, 11) is 0. The molecule has 0 bridgehead atoms. The van der Waals surface area contributed by atoms with E-state index in [0.29, 0.717) is 22.0 Å². The van der Waals surface area contributed by atoms with Crippen molar-refractivity contribution in [3.05, 3.63) is 45.4 Å². The topological polar surface area (TPSA) is 108 Å². The monoisotopic (exact) mass is 389 g/mol. The second kappa shape index (κ2) is 8.77. The predicted octanol–water partition coefficient (Wildman–Crippen LogP) is 3.11. The van der Waals surface area contributed by atoms with Crippen molar-refractivity contribution in [2.24, 2.45) is 5.92 Å². The van der Waals surface area contributed by atoms with E-state index in [0.717, 1.165) is 17.1 Å². The maximum atomic E-state index is 12.6. The molecule has 2 amide bonds. The highest BCUT2D eigenvalue weighted by molar-refractivity contribution is 7.13. The van der Waals surface area contributed by atoms with Gasteiger partial charge in [0.25, 0.3) is 11.8 Å². The molecule has 27 heavy (non-hydrogen) atoms. The number of hydrogen-bond acceptors (Lipinski definition) is 5. The average Bonchev–Trinajstić information content (AvgIpc) is 2.95. The zero-order chi connectivity index (χ0) is 20.1. The summed E-state index contributed by atoms with van der Waals surface area (Å²) in [6, 6.07) is 5.30. The van der Waals surface area contributed by atoms with Gasteiger partial charge in [-0.15, -0.1) is 11.3 Å². The summed E-state index contributed by atoms with van der Waals surface area (Å²) >= 11 is 1.36. The van der Waals surface area contributed by atoms with Crippen molar-refractivity contribution in [1.82, 2.24) is 10.3 Å². The molecule has 7 nitrogen and oxygen atoms in total. The van der Waals surface area contributed by atoms with Crippen molar-refractivity contribution >= 4 is 34.8 Å². The summed E-state index contributed by atoms with van der Waals surface area (Å²) in [6.45, 7) is 7.41. The van der Waals surface area contributed by atoms with Crippen LogP contribution in [-0.4, -0.2) is 33.9 Å². The average molecular weight is 389 g/mol. The Labute approximate surface area is 161 Å². The van der Waals surface area contributed by atoms with Gasteiger partial charge in [0.2, 0.25) is 0 Å². The third-order valence-electron chi connectivity index (χ3n) is 3.74. The van der Waals surface area contributed by atoms with Gasteiger partial charge in [0.15, 0.2) is 0 Å². The number of anilines is 1. The van der Waals surface area contributed by atoms with Crippen LogP contribution in [0.4, 0.5) is 5.69 Å². The minimum atomic E-state index is -1.11. The lowest BCUT2D eigenvalue weighted by Crippen LogP contribution is -2.38. The molecular weight excluding hydrogens is 366 g/mol. The molecule has 1 unspecified atom stereocenters. The van der Waals surface area contributed by atoms with Gasteiger partial charge in [0.1, 0.15) is 10.9 Å². The van der Waals surface area contributed by atoms with Gasteiger partial charge < -0.3 is 15.7 Å². The van der Waals surface area contributed by atoms with Gasteiger partial charge in [-0.05, 0) is 50.5 Å². The number of thiazole rings is 1. The fraction of sp³-hybridized carbons (Fsp3) is 0.368. The third-order valence-corrected chi connectivity index (χ3v) is 4.75. The number of aryl methyl sites for hydroxylation is 1. The van der Waals surface area contributed by atoms with E-state index in [9.17, 15) is 14.4 Å². The maximum absolute atomic E-state index is 12.6. The highest BCUT2D eigenvalue weighted by Gasteiger charge is 2.18. The molecule has 0 saturated carbocycles. The third kappa shape index (κ3) is 5.62. The molecule has 1 aromatic heterocycles. The second-order valence-electron chi connectivity index (χ2n) is 6.67. The molecule has 144 valence electrons. The Balaban J connectivity index is 2.07. The maximum Gasteiger partial charge on any atom is 0.325 e. The lowest BCUT2D eigenvalue weighted by molar-refractivity contribution is -0.138. The minimum absolute atomic E-state index is 0.229. The van der Waals surface area contributed by atoms with Crippen LogP contribution in [0.2, 0.25) is 0 Å². The van der Waals surface area contributed by atoms with E-state index in [1.807, 2.05) is 6.92 Å². The van der Waals surface area contributed by atoms with Crippen LogP contribution in [0.15, 0.2) is 24.3 Å². The molecule has 0 radical (unpaired) electrons. The Kier molecular flexibility index (Phi) is 6.68. The zero-order valence-electron chi connectivity index (χ0n) is 15.7. The molecule has 0 spiro atoms. The SMILES string of the molecule is Cc1nc(CC(C)C)c(C(=O)Nc2ccc(C(=O)NC(C)C(=O)O)cc2)s1. The number of hydrogen-bond donors (Lipinski definition) is 3. The van der Waals surface area contributed by atoms with Crippen molar-refractivity contribution in [2.75, 3.05) is 5.32 Å². The van der Waals surface area contributed by atoms with Crippen molar-refractivity contribution in [2.45, 2.75) is 40.2 Å². The highest BCUT2D eigenvalue weighted by Crippen LogP contribution is 2.22. The number of carboxylic acid groups (broad SMARTS) is 1. The van der Waals surface area contributed by atoms with Gasteiger partial charge in [0, 0.05) is 11.3 Å². The summed E-state index contributed by atoms with van der Waals surface area (Å²) in [6.07, 6.45) is 0.730. The van der Waals surface area contributed by atoms with Crippen LogP contribution in [0.1, 0.15) is 51.5 Å². The lowest BCUT2D eigenvalue weighted by atomic mass is 10.1. The normalized spacial score (nSPS) is 11.9. The molecule has 0 saturated heterocycles. The fourth-order valence-electron chi connectivity index (χ4n) is 2.41. The zero-order valence-corrected chi connectivity index (χ0v) is 16.5. The van der Waals surface area contributed by atoms with Crippen LogP contribution < -0.4 is 10.6 Å². The van der Waals surface area contributed by atoms with Gasteiger partial charge in [-0.25, -0.2) is 4.98 Å². The standard InChI is InChI=1S/C19H23N3O4S/c1-10(2)9-15-16(27-12(4)21-15)18(24)22-14-7-5-13(6-8-14)17(23)20-11(3)19(25)26/h5-8,10-11H,9H2,1-4H3,(H,20,23)(H,22,24)(H,25,26). The number of carboxylic acids is 1. The molecule has 3 N–H and O–H groups in total. The number of aliphatic carboxylic acids is 1. The van der Waals surface area contributed by atoms with Crippen LogP contribution >= 0.6 is 11.3 Å². The first-order valence-electron chi connectivity index (χ1n) is 8.58. The van der Waals surface area contributed by atoms with Crippen molar-refractivity contribution in [1.29, 1.82) is 0 Å². The summed E-state index contributed by atoms with van der Waals surface area (Å²) in [5.74, 6) is -1.43. The fourth-order valence-corrected chi connectivity index (χ4v) is 3.25. The van der Waals surface area contributed by atoms with E-state index in [1.54, 1.807) is 12.1 Å². The highest BCUT2D eigenvalue weighted by atomic mass is 32.1. The van der Waals surface area contributed by atoms with E-state index in [4.69, 9.17) is 5.11 Å². The molecule has 2 aromatic rings. The Morgan fingerprint density at radius 2 is 1.74 bits per heavy atom. The number of benzene rings is 1. The van der Waals surface area contributed by atoms with Crippen LogP contribution in [-0.2, 0) is 11.2 Å². The van der Waals surface area contributed by atoms with Crippen LogP contribution in [0.3, 0.4) is 0 Å². The van der Waals surface area contributed by atoms with Gasteiger partial charge in [-0.1, -0.05) is 13.8 Å². The molecule has 0 aliphatic carbocycles. The largest absolute Gasteiger partial charge is 0.480 e. The van der Waals surface area contributed by atoms with E-state index in [1.165, 1.54) is 30.4 Å². The van der Waals surface area contributed by atoms with Crippen LogP contribution in [0.5, 0.6) is 0 Å². The second-order valence-corrected chi connectivity index (χ2v) is 7.87. The summed E-state index contributed by atoms with van der Waals surface area (Å²) < 4.78 is 0. The predicted molar refractivity (Wildman–Crippen MR) is 104 cm³/mol. The number of nitrogens with one attached hydrogen (secondary N) is 2. The summed E-state index contributed by atoms with van der Waals surface area (Å²) in [5.41, 5.74) is 1.66. The molecule has 0 aliphatic heterocycles. The molecule has 1 atom stereocenters. The molecule has 0 fully saturated rings. The van der Waals surface area contributed by atoms with Crippen molar-refractivity contribution in [3.8, 4) is 0 Å². The first kappa shape index (κ1) is 20.6. The van der Waals surface area contributed by atoms with E-state index >= 15 is 0 Å². The van der Waals surface area contributed by atoms with Gasteiger partial charge >= 0.3 is 5.97 Å². The number of aromatic nitrogens is 1. The first-order valence-corrected chi connectivity index (χ1v) is 9.40. The Hall–Kier alpha value is -2.74. The minimum Gasteiger partial charge on any atom is -0.480 e. The van der Waals surface area contributed by atoms with Gasteiger partial charge in [-0.2, -0.15) is 0 Å². The van der Waals surface area contributed by atoms with Crippen LogP contribution in [0.25, 0.3) is 0 Å². The smallest absolute Gasteiger partial charge is 0.325 e. The van der Waals surface area contributed by atoms with Crippen molar-refractivity contribution in [3.63, 3.8) is 0 Å². The quantitative estimate of drug-likeness (QED) is 0.674. The number of carbonyl (C=O) groups excluding carboxylic acids is 2. The molecular formula is C19H23N3O4S. The molecule has 8 heteroatoms. The molecule has 1 heterocycles. The molecule has 1 aromatic carbocycles. The first-order chi connectivity index (χ1) is 12.7. The number of amides is 2. The summed E-state index contributed by atoms with van der Waals surface area (Å²) in [5, 5.41) is 14.9. The Morgan fingerprint density at radius 3 is 2.30 bits per heavy atom. The Bertz CT molecular complexity index is 843. The van der Waals surface area contributed by atoms with Crippen molar-refractivity contribution < 1.29 is 19.5 Å². The summed E-state index contributed by atoms with van der Waals surface area (Å²) in [4.78, 5) is 40.4. The Morgan fingerprint density at radius 1 is 1.11 bits per heavy atom.